The summed E-state index contributed by atoms with van der Waals surface area (Å²) in [6, 6.07) is 23.9. The third-order valence-corrected chi connectivity index (χ3v) is 3.27. The fraction of sp³-hybridized carbons (Fsp3) is 0.222. The Kier molecular flexibility index (Phi) is 4.64. The normalized spacial score (nSPS) is 11.6. The molecule has 0 aliphatic heterocycles. The summed E-state index contributed by atoms with van der Waals surface area (Å²) in [5, 5.41) is 0. The quantitative estimate of drug-likeness (QED) is 0.577. The molecule has 0 fully saturated rings. The lowest BCUT2D eigenvalue weighted by Crippen LogP contribution is -2.29. The van der Waals surface area contributed by atoms with Crippen LogP contribution in [0.25, 0.3) is 0 Å². The van der Waals surface area contributed by atoms with E-state index in [-0.39, 0.29) is 0 Å². The Labute approximate surface area is 115 Å². The van der Waals surface area contributed by atoms with Crippen molar-refractivity contribution >= 4 is 0 Å². The molecular formula is C18H19N. The van der Waals surface area contributed by atoms with E-state index in [0.717, 1.165) is 13.0 Å². The van der Waals surface area contributed by atoms with Crippen molar-refractivity contribution in [3.63, 3.8) is 0 Å². The van der Waals surface area contributed by atoms with E-state index >= 15 is 0 Å². The summed E-state index contributed by atoms with van der Waals surface area (Å²) in [6.07, 6.45) is 6.62. The zero-order chi connectivity index (χ0) is 13.5. The molecule has 2 aromatic rings. The van der Waals surface area contributed by atoms with Crippen LogP contribution in [-0.4, -0.2) is 10.9 Å². The molecule has 1 nitrogen and oxygen atoms in total. The van der Waals surface area contributed by atoms with Crippen molar-refractivity contribution < 1.29 is 0 Å². The molecule has 0 saturated carbocycles. The number of terminal acetylenes is 1. The van der Waals surface area contributed by atoms with Gasteiger partial charge in [-0.2, -0.15) is 0 Å². The molecule has 0 radical (unpaired) electrons. The third kappa shape index (κ3) is 3.89. The van der Waals surface area contributed by atoms with Crippen LogP contribution in [0, 0.1) is 12.5 Å². The van der Waals surface area contributed by atoms with E-state index in [1.165, 1.54) is 11.1 Å². The van der Waals surface area contributed by atoms with Gasteiger partial charge in [0.25, 0.3) is 0 Å². The summed E-state index contributed by atoms with van der Waals surface area (Å²) in [4.78, 5) is 2.06. The van der Waals surface area contributed by atoms with Gasteiger partial charge in [-0.15, -0.1) is 0 Å². The second-order valence-corrected chi connectivity index (χ2v) is 4.78. The topological polar surface area (TPSA) is 3.24 Å². The Bertz CT molecular complexity index is 525. The second kappa shape index (κ2) is 6.66. The Morgan fingerprint density at radius 3 is 2.00 bits per heavy atom. The van der Waals surface area contributed by atoms with Crippen molar-refractivity contribution in [2.75, 3.05) is 0 Å². The Morgan fingerprint density at radius 1 is 0.947 bits per heavy atom. The predicted octanol–water partition coefficient (Wildman–Crippen LogP) is 3.71. The zero-order valence-corrected chi connectivity index (χ0v) is 11.3. The summed E-state index contributed by atoms with van der Waals surface area (Å²) in [7, 11) is 0. The van der Waals surface area contributed by atoms with E-state index < -0.39 is 0 Å². The minimum Gasteiger partial charge on any atom is -0.325 e. The van der Waals surface area contributed by atoms with Crippen LogP contribution >= 0.6 is 0 Å². The van der Waals surface area contributed by atoms with E-state index in [9.17, 15) is 0 Å². The highest BCUT2D eigenvalue weighted by Gasteiger charge is 2.11. The lowest BCUT2D eigenvalue weighted by molar-refractivity contribution is 0.303. The molecular weight excluding hydrogens is 230 g/mol. The molecule has 0 unspecified atom stereocenters. The van der Waals surface area contributed by atoms with Crippen molar-refractivity contribution in [1.29, 1.82) is 0 Å². The second-order valence-electron chi connectivity index (χ2n) is 4.78. The molecule has 0 amide bonds. The molecule has 96 valence electrons. The summed E-state index contributed by atoms with van der Waals surface area (Å²) in [5.41, 5.74) is 2.57. The Morgan fingerprint density at radius 2 is 1.47 bits per heavy atom. The van der Waals surface area contributed by atoms with Gasteiger partial charge in [0, 0.05) is 12.1 Å². The minimum atomic E-state index is 0.326. The molecule has 0 saturated heterocycles. The first-order valence-corrected chi connectivity index (χ1v) is 6.60. The number of benzene rings is 2. The highest BCUT2D eigenvalue weighted by molar-refractivity contribution is 5.18. The standard InChI is InChI=1S/C18H19N/c1-3-19(15-18-12-8-5-9-13-18)16(2)14-17-10-6-4-7-11-17/h1,4-13,16H,14-15H2,2H3/t16-/m0/s1. The minimum absolute atomic E-state index is 0.326. The van der Waals surface area contributed by atoms with Gasteiger partial charge in [0.2, 0.25) is 0 Å². The SMILES string of the molecule is C#CN(Cc1ccccc1)[C@@H](C)Cc1ccccc1. The third-order valence-electron chi connectivity index (χ3n) is 3.27. The lowest BCUT2D eigenvalue weighted by atomic mass is 10.1. The largest absolute Gasteiger partial charge is 0.325 e. The first-order chi connectivity index (χ1) is 9.29. The van der Waals surface area contributed by atoms with Crippen LogP contribution < -0.4 is 0 Å². The zero-order valence-electron chi connectivity index (χ0n) is 11.3. The molecule has 0 aliphatic carbocycles. The van der Waals surface area contributed by atoms with Crippen molar-refractivity contribution in [1.82, 2.24) is 4.90 Å². The van der Waals surface area contributed by atoms with E-state index in [4.69, 9.17) is 6.42 Å². The van der Waals surface area contributed by atoms with E-state index in [1.807, 2.05) is 24.3 Å². The summed E-state index contributed by atoms with van der Waals surface area (Å²) >= 11 is 0. The van der Waals surface area contributed by atoms with Crippen molar-refractivity contribution in [2.45, 2.75) is 25.9 Å². The summed E-state index contributed by atoms with van der Waals surface area (Å²) < 4.78 is 0. The van der Waals surface area contributed by atoms with E-state index in [1.54, 1.807) is 0 Å². The molecule has 0 spiro atoms. The lowest BCUT2D eigenvalue weighted by Gasteiger charge is -2.25. The van der Waals surface area contributed by atoms with Crippen LogP contribution in [0.2, 0.25) is 0 Å². The van der Waals surface area contributed by atoms with Crippen molar-refractivity contribution in [3.05, 3.63) is 71.8 Å². The molecule has 1 atom stereocenters. The van der Waals surface area contributed by atoms with Crippen LogP contribution in [0.4, 0.5) is 0 Å². The molecule has 1 heteroatoms. The van der Waals surface area contributed by atoms with Gasteiger partial charge in [-0.25, -0.2) is 0 Å². The van der Waals surface area contributed by atoms with Crippen LogP contribution in [0.3, 0.4) is 0 Å². The molecule has 0 N–H and O–H groups in total. The highest BCUT2D eigenvalue weighted by Crippen LogP contribution is 2.11. The van der Waals surface area contributed by atoms with Crippen molar-refractivity contribution in [3.8, 4) is 12.5 Å². The van der Waals surface area contributed by atoms with Crippen LogP contribution in [0.5, 0.6) is 0 Å². The average Bonchev–Trinajstić information content (AvgIpc) is 2.47. The Balaban J connectivity index is 2.00. The monoisotopic (exact) mass is 249 g/mol. The van der Waals surface area contributed by atoms with Gasteiger partial charge in [0.05, 0.1) is 6.54 Å². The fourth-order valence-corrected chi connectivity index (χ4v) is 2.17. The van der Waals surface area contributed by atoms with E-state index in [2.05, 4.69) is 54.3 Å². The molecule has 19 heavy (non-hydrogen) atoms. The van der Waals surface area contributed by atoms with Gasteiger partial charge in [0.1, 0.15) is 0 Å². The fourth-order valence-electron chi connectivity index (χ4n) is 2.17. The maximum Gasteiger partial charge on any atom is 0.0514 e. The Hall–Kier alpha value is -2.20. The van der Waals surface area contributed by atoms with Gasteiger partial charge >= 0.3 is 0 Å². The van der Waals surface area contributed by atoms with Gasteiger partial charge in [-0.3, -0.25) is 0 Å². The van der Waals surface area contributed by atoms with Crippen LogP contribution in [0.1, 0.15) is 18.1 Å². The van der Waals surface area contributed by atoms with Crippen LogP contribution in [0.15, 0.2) is 60.7 Å². The number of hydrogen-bond donors (Lipinski definition) is 0. The van der Waals surface area contributed by atoms with Gasteiger partial charge < -0.3 is 4.90 Å². The molecule has 0 heterocycles. The van der Waals surface area contributed by atoms with Crippen LogP contribution in [-0.2, 0) is 13.0 Å². The maximum absolute atomic E-state index is 5.65. The molecule has 2 aromatic carbocycles. The number of rotatable bonds is 5. The number of nitrogens with zero attached hydrogens (tertiary/aromatic N) is 1. The number of hydrogen-bond acceptors (Lipinski definition) is 1. The summed E-state index contributed by atoms with van der Waals surface area (Å²) in [6.45, 7) is 2.97. The smallest absolute Gasteiger partial charge is 0.0514 e. The van der Waals surface area contributed by atoms with Gasteiger partial charge in [-0.1, -0.05) is 67.1 Å². The molecule has 0 aromatic heterocycles. The predicted molar refractivity (Wildman–Crippen MR) is 80.4 cm³/mol. The maximum atomic E-state index is 5.65. The first kappa shape index (κ1) is 13.2. The van der Waals surface area contributed by atoms with Gasteiger partial charge in [0.15, 0.2) is 0 Å². The molecule has 2 rings (SSSR count). The van der Waals surface area contributed by atoms with Gasteiger partial charge in [-0.05, 0) is 24.5 Å². The first-order valence-electron chi connectivity index (χ1n) is 6.60. The molecule has 0 aliphatic rings. The highest BCUT2D eigenvalue weighted by atomic mass is 15.1. The summed E-state index contributed by atoms with van der Waals surface area (Å²) in [5.74, 6) is 0. The molecule has 0 bridgehead atoms. The average molecular weight is 249 g/mol. The van der Waals surface area contributed by atoms with E-state index in [0.29, 0.717) is 6.04 Å². The van der Waals surface area contributed by atoms with Crippen molar-refractivity contribution in [2.24, 2.45) is 0 Å².